The number of alkyl carbamates (subject to hydrolysis) is 1. The number of anilines is 1. The molecule has 116 valence electrons. The number of hydrogen-bond donors (Lipinski definition) is 2. The van der Waals surface area contributed by atoms with Crippen LogP contribution in [0.3, 0.4) is 0 Å². The van der Waals surface area contributed by atoms with Gasteiger partial charge in [0.2, 0.25) is 0 Å². The van der Waals surface area contributed by atoms with Crippen LogP contribution < -0.4 is 10.6 Å². The summed E-state index contributed by atoms with van der Waals surface area (Å²) in [7, 11) is 0. The predicted octanol–water partition coefficient (Wildman–Crippen LogP) is 2.56. The molecular formula is C16H24N2O3. The average Bonchev–Trinajstić information content (AvgIpc) is 2.33. The number of carbonyl (C=O) groups excluding carboxylic acids is 1. The van der Waals surface area contributed by atoms with E-state index in [0.717, 1.165) is 25.3 Å². The third-order valence-corrected chi connectivity index (χ3v) is 3.04. The van der Waals surface area contributed by atoms with Gasteiger partial charge in [-0.25, -0.2) is 4.79 Å². The minimum atomic E-state index is -0.456. The van der Waals surface area contributed by atoms with Gasteiger partial charge in [0.15, 0.2) is 0 Å². The lowest BCUT2D eigenvalue weighted by atomic mass is 10.1. The van der Waals surface area contributed by atoms with Crippen molar-refractivity contribution in [3.05, 3.63) is 29.8 Å². The van der Waals surface area contributed by atoms with E-state index in [1.54, 1.807) is 0 Å². The molecule has 0 radical (unpaired) electrons. The van der Waals surface area contributed by atoms with Gasteiger partial charge in [-0.1, -0.05) is 12.1 Å². The second-order valence-electron chi connectivity index (χ2n) is 6.25. The molecule has 0 bridgehead atoms. The molecule has 1 amide bonds. The summed E-state index contributed by atoms with van der Waals surface area (Å²) in [5, 5.41) is 6.15. The van der Waals surface area contributed by atoms with Crippen LogP contribution >= 0.6 is 0 Å². The zero-order valence-corrected chi connectivity index (χ0v) is 12.9. The molecule has 5 nitrogen and oxygen atoms in total. The maximum absolute atomic E-state index is 11.5. The lowest BCUT2D eigenvalue weighted by molar-refractivity contribution is 0.0211. The molecular weight excluding hydrogens is 268 g/mol. The van der Waals surface area contributed by atoms with E-state index in [1.165, 1.54) is 5.56 Å². The van der Waals surface area contributed by atoms with E-state index in [9.17, 15) is 4.79 Å². The Bertz CT molecular complexity index is 461. The van der Waals surface area contributed by atoms with Gasteiger partial charge in [-0.2, -0.15) is 0 Å². The van der Waals surface area contributed by atoms with E-state index in [0.29, 0.717) is 12.6 Å². The van der Waals surface area contributed by atoms with Gasteiger partial charge in [-0.3, -0.25) is 0 Å². The fourth-order valence-electron chi connectivity index (χ4n) is 1.95. The van der Waals surface area contributed by atoms with Gasteiger partial charge < -0.3 is 20.1 Å². The van der Waals surface area contributed by atoms with Crippen molar-refractivity contribution >= 4 is 11.8 Å². The average molecular weight is 292 g/mol. The second-order valence-corrected chi connectivity index (χ2v) is 6.25. The van der Waals surface area contributed by atoms with Gasteiger partial charge in [0.05, 0.1) is 19.3 Å². The molecule has 2 rings (SSSR count). The van der Waals surface area contributed by atoms with Crippen LogP contribution in [-0.2, 0) is 15.9 Å². The van der Waals surface area contributed by atoms with Crippen molar-refractivity contribution in [3.63, 3.8) is 0 Å². The highest BCUT2D eigenvalue weighted by atomic mass is 16.6. The Morgan fingerprint density at radius 1 is 1.29 bits per heavy atom. The summed E-state index contributed by atoms with van der Waals surface area (Å²) < 4.78 is 10.3. The Hall–Kier alpha value is -1.75. The SMILES string of the molecule is CC(C)(C)OC(=O)NCCc1ccc(NC2COC2)cc1. The third-order valence-electron chi connectivity index (χ3n) is 3.04. The molecule has 1 aromatic carbocycles. The topological polar surface area (TPSA) is 59.6 Å². The molecule has 0 aromatic heterocycles. The van der Waals surface area contributed by atoms with Gasteiger partial charge >= 0.3 is 6.09 Å². The zero-order valence-electron chi connectivity index (χ0n) is 12.9. The molecule has 5 heteroatoms. The van der Waals surface area contributed by atoms with Crippen LogP contribution in [0.5, 0.6) is 0 Å². The molecule has 1 fully saturated rings. The molecule has 0 unspecified atom stereocenters. The van der Waals surface area contributed by atoms with E-state index in [-0.39, 0.29) is 6.09 Å². The van der Waals surface area contributed by atoms with Crippen LogP contribution in [0.25, 0.3) is 0 Å². The molecule has 2 N–H and O–H groups in total. The van der Waals surface area contributed by atoms with Gasteiger partial charge in [-0.05, 0) is 44.9 Å². The highest BCUT2D eigenvalue weighted by Gasteiger charge is 2.17. The Labute approximate surface area is 126 Å². The first kappa shape index (κ1) is 15.6. The molecule has 1 saturated heterocycles. The summed E-state index contributed by atoms with van der Waals surface area (Å²) in [6, 6.07) is 8.68. The molecule has 1 aliphatic heterocycles. The maximum Gasteiger partial charge on any atom is 0.407 e. The second kappa shape index (κ2) is 6.80. The fourth-order valence-corrected chi connectivity index (χ4v) is 1.95. The number of rotatable bonds is 5. The molecule has 0 aliphatic carbocycles. The molecule has 0 saturated carbocycles. The van der Waals surface area contributed by atoms with Crippen LogP contribution in [-0.4, -0.2) is 37.5 Å². The largest absolute Gasteiger partial charge is 0.444 e. The summed E-state index contributed by atoms with van der Waals surface area (Å²) in [5.74, 6) is 0. The lowest BCUT2D eigenvalue weighted by Gasteiger charge is -2.27. The Balaban J connectivity index is 1.69. The van der Waals surface area contributed by atoms with E-state index in [2.05, 4.69) is 34.9 Å². The minimum Gasteiger partial charge on any atom is -0.444 e. The van der Waals surface area contributed by atoms with Crippen LogP contribution in [0.15, 0.2) is 24.3 Å². The molecule has 0 atom stereocenters. The molecule has 1 aliphatic rings. The van der Waals surface area contributed by atoms with Gasteiger partial charge in [0.1, 0.15) is 5.60 Å². The monoisotopic (exact) mass is 292 g/mol. The summed E-state index contributed by atoms with van der Waals surface area (Å²) >= 11 is 0. The molecule has 1 heterocycles. The number of ether oxygens (including phenoxy) is 2. The Kier molecular flexibility index (Phi) is 5.07. The number of hydrogen-bond acceptors (Lipinski definition) is 4. The Morgan fingerprint density at radius 2 is 1.95 bits per heavy atom. The van der Waals surface area contributed by atoms with Crippen LogP contribution in [0.1, 0.15) is 26.3 Å². The lowest BCUT2D eigenvalue weighted by Crippen LogP contribution is -2.40. The first-order chi connectivity index (χ1) is 9.92. The third kappa shape index (κ3) is 5.63. The van der Waals surface area contributed by atoms with Crippen LogP contribution in [0.2, 0.25) is 0 Å². The van der Waals surface area contributed by atoms with Crippen LogP contribution in [0.4, 0.5) is 10.5 Å². The van der Waals surface area contributed by atoms with Gasteiger partial charge in [-0.15, -0.1) is 0 Å². The normalized spacial score (nSPS) is 15.2. The van der Waals surface area contributed by atoms with Crippen molar-refractivity contribution in [2.24, 2.45) is 0 Å². The molecule has 21 heavy (non-hydrogen) atoms. The van der Waals surface area contributed by atoms with Crippen LogP contribution in [0, 0.1) is 0 Å². The van der Waals surface area contributed by atoms with Gasteiger partial charge in [0, 0.05) is 12.2 Å². The molecule has 1 aromatic rings. The number of nitrogens with one attached hydrogen (secondary N) is 2. The number of benzene rings is 1. The molecule has 0 spiro atoms. The standard InChI is InChI=1S/C16H24N2O3/c1-16(2,3)21-15(19)17-9-8-12-4-6-13(7-5-12)18-14-10-20-11-14/h4-7,14,18H,8-11H2,1-3H3,(H,17,19). The summed E-state index contributed by atoms with van der Waals surface area (Å²) in [5.41, 5.74) is 1.83. The highest BCUT2D eigenvalue weighted by molar-refractivity contribution is 5.67. The smallest absolute Gasteiger partial charge is 0.407 e. The summed E-state index contributed by atoms with van der Waals surface area (Å²) in [4.78, 5) is 11.5. The van der Waals surface area contributed by atoms with E-state index in [4.69, 9.17) is 9.47 Å². The zero-order chi connectivity index (χ0) is 15.3. The number of amides is 1. The summed E-state index contributed by atoms with van der Waals surface area (Å²) in [6.45, 7) is 7.68. The van der Waals surface area contributed by atoms with Crippen molar-refractivity contribution in [2.45, 2.75) is 38.8 Å². The van der Waals surface area contributed by atoms with Crippen molar-refractivity contribution in [2.75, 3.05) is 25.1 Å². The van der Waals surface area contributed by atoms with Crippen molar-refractivity contribution in [3.8, 4) is 0 Å². The maximum atomic E-state index is 11.5. The number of carbonyl (C=O) groups is 1. The first-order valence-electron chi connectivity index (χ1n) is 7.32. The Morgan fingerprint density at radius 3 is 2.48 bits per heavy atom. The van der Waals surface area contributed by atoms with Crippen molar-refractivity contribution in [1.82, 2.24) is 5.32 Å². The fraction of sp³-hybridized carbons (Fsp3) is 0.562. The predicted molar refractivity (Wildman–Crippen MR) is 82.6 cm³/mol. The van der Waals surface area contributed by atoms with E-state index in [1.807, 2.05) is 20.8 Å². The van der Waals surface area contributed by atoms with E-state index < -0.39 is 5.60 Å². The highest BCUT2D eigenvalue weighted by Crippen LogP contribution is 2.14. The first-order valence-corrected chi connectivity index (χ1v) is 7.32. The summed E-state index contributed by atoms with van der Waals surface area (Å²) in [6.07, 6.45) is 0.414. The quantitative estimate of drug-likeness (QED) is 0.875. The minimum absolute atomic E-state index is 0.370. The van der Waals surface area contributed by atoms with Gasteiger partial charge in [0.25, 0.3) is 0 Å². The van der Waals surface area contributed by atoms with Crippen molar-refractivity contribution in [1.29, 1.82) is 0 Å². The van der Waals surface area contributed by atoms with Crippen molar-refractivity contribution < 1.29 is 14.3 Å². The van der Waals surface area contributed by atoms with E-state index >= 15 is 0 Å².